The highest BCUT2D eigenvalue weighted by Crippen LogP contribution is 2.20. The monoisotopic (exact) mass is 190 g/mol. The van der Waals surface area contributed by atoms with Crippen LogP contribution in [-0.2, 0) is 11.2 Å². The maximum atomic E-state index is 12.9. The Labute approximate surface area is 73.0 Å². The van der Waals surface area contributed by atoms with Gasteiger partial charge in [-0.15, -0.1) is 0 Å². The molecule has 1 aromatic rings. The van der Waals surface area contributed by atoms with E-state index in [1.54, 1.807) is 0 Å². The van der Waals surface area contributed by atoms with Crippen LogP contribution in [0.3, 0.4) is 0 Å². The molecule has 0 aliphatic rings. The Balaban J connectivity index is 3.22. The highest BCUT2D eigenvalue weighted by atomic mass is 35.5. The molecule has 0 radical (unpaired) electrons. The molecule has 0 N–H and O–H groups in total. The zero-order valence-electron chi connectivity index (χ0n) is 5.98. The molecule has 0 saturated carbocycles. The average molecular weight is 191 g/mol. The minimum absolute atomic E-state index is 0.173. The summed E-state index contributed by atoms with van der Waals surface area (Å²) in [4.78, 5) is 10.0. The van der Waals surface area contributed by atoms with Gasteiger partial charge in [0.1, 0.15) is 17.9 Å². The lowest BCUT2D eigenvalue weighted by Gasteiger charge is -2.01. The molecule has 0 amide bonds. The summed E-state index contributed by atoms with van der Waals surface area (Å²) in [7, 11) is 0. The molecule has 64 valence electrons. The maximum absolute atomic E-state index is 12.9. The van der Waals surface area contributed by atoms with E-state index < -0.39 is 11.6 Å². The van der Waals surface area contributed by atoms with E-state index in [1.807, 2.05) is 0 Å². The Bertz CT molecular complexity index is 312. The zero-order chi connectivity index (χ0) is 9.14. The molecule has 1 nitrogen and oxygen atoms in total. The second kappa shape index (κ2) is 3.63. The fourth-order valence-electron chi connectivity index (χ4n) is 0.840. The van der Waals surface area contributed by atoms with Gasteiger partial charge in [-0.3, -0.25) is 0 Å². The quantitative estimate of drug-likeness (QED) is 0.517. The molecule has 0 unspecified atom stereocenters. The van der Waals surface area contributed by atoms with Gasteiger partial charge in [-0.1, -0.05) is 11.6 Å². The third-order valence-electron chi connectivity index (χ3n) is 1.43. The Kier molecular flexibility index (Phi) is 2.76. The van der Waals surface area contributed by atoms with Crippen molar-refractivity contribution in [3.05, 3.63) is 34.4 Å². The van der Waals surface area contributed by atoms with Crippen LogP contribution in [0, 0.1) is 11.6 Å². The SMILES string of the molecule is O=CCc1c(F)ccc(Cl)c1F. The van der Waals surface area contributed by atoms with Crippen LogP contribution in [-0.4, -0.2) is 6.29 Å². The summed E-state index contributed by atoms with van der Waals surface area (Å²) in [5.41, 5.74) is -0.280. The number of carbonyl (C=O) groups is 1. The van der Waals surface area contributed by atoms with Crippen LogP contribution in [0.2, 0.25) is 5.02 Å². The van der Waals surface area contributed by atoms with Crippen molar-refractivity contribution in [2.75, 3.05) is 0 Å². The highest BCUT2D eigenvalue weighted by molar-refractivity contribution is 6.30. The molecule has 0 aliphatic carbocycles. The number of hydrogen-bond donors (Lipinski definition) is 0. The van der Waals surface area contributed by atoms with E-state index in [0.717, 1.165) is 12.1 Å². The molecule has 1 rings (SSSR count). The molecule has 12 heavy (non-hydrogen) atoms. The minimum Gasteiger partial charge on any atom is -0.303 e. The minimum atomic E-state index is -0.858. The molecule has 1 aromatic carbocycles. The first kappa shape index (κ1) is 9.13. The zero-order valence-corrected chi connectivity index (χ0v) is 6.74. The summed E-state index contributed by atoms with van der Waals surface area (Å²) in [6, 6.07) is 2.14. The number of halogens is 3. The summed E-state index contributed by atoms with van der Waals surface area (Å²) in [5.74, 6) is -1.60. The van der Waals surface area contributed by atoms with Crippen LogP contribution in [0.25, 0.3) is 0 Å². The van der Waals surface area contributed by atoms with E-state index in [-0.39, 0.29) is 17.0 Å². The van der Waals surface area contributed by atoms with E-state index in [0.29, 0.717) is 6.29 Å². The predicted molar refractivity (Wildman–Crippen MR) is 41.1 cm³/mol. The van der Waals surface area contributed by atoms with Crippen LogP contribution in [0.4, 0.5) is 8.78 Å². The standard InChI is InChI=1S/C8H5ClF2O/c9-6-1-2-7(10)5(3-4-12)8(6)11/h1-2,4H,3H2. The number of carbonyl (C=O) groups excluding carboxylic acids is 1. The summed E-state index contributed by atoms with van der Waals surface area (Å²) in [6.07, 6.45) is 0.135. The molecule has 0 bridgehead atoms. The number of hydrogen-bond acceptors (Lipinski definition) is 1. The summed E-state index contributed by atoms with van der Waals surface area (Å²) >= 11 is 5.36. The highest BCUT2D eigenvalue weighted by Gasteiger charge is 2.11. The van der Waals surface area contributed by atoms with Gasteiger partial charge in [-0.05, 0) is 12.1 Å². The van der Waals surface area contributed by atoms with Crippen molar-refractivity contribution in [2.45, 2.75) is 6.42 Å². The number of rotatable bonds is 2. The summed E-state index contributed by atoms with van der Waals surface area (Å²) < 4.78 is 25.7. The van der Waals surface area contributed by atoms with Crippen LogP contribution in [0.1, 0.15) is 5.56 Å². The predicted octanol–water partition coefficient (Wildman–Crippen LogP) is 2.36. The fourth-order valence-corrected chi connectivity index (χ4v) is 1.02. The smallest absolute Gasteiger partial charge is 0.148 e. The van der Waals surface area contributed by atoms with Gasteiger partial charge in [0.2, 0.25) is 0 Å². The molecule has 0 aromatic heterocycles. The average Bonchev–Trinajstić information content (AvgIpc) is 2.06. The molecule has 0 atom stereocenters. The summed E-state index contributed by atoms with van der Waals surface area (Å²) in [6.45, 7) is 0. The number of benzene rings is 1. The van der Waals surface area contributed by atoms with Gasteiger partial charge in [0, 0.05) is 12.0 Å². The van der Waals surface area contributed by atoms with Gasteiger partial charge in [-0.2, -0.15) is 0 Å². The molecule has 0 spiro atoms. The van der Waals surface area contributed by atoms with E-state index in [1.165, 1.54) is 0 Å². The van der Waals surface area contributed by atoms with Gasteiger partial charge in [0.25, 0.3) is 0 Å². The Hall–Kier alpha value is -0.960. The first-order valence-electron chi connectivity index (χ1n) is 3.23. The molecular weight excluding hydrogens is 186 g/mol. The van der Waals surface area contributed by atoms with Crippen molar-refractivity contribution in [1.82, 2.24) is 0 Å². The molecule has 0 fully saturated rings. The third-order valence-corrected chi connectivity index (χ3v) is 1.72. The fraction of sp³-hybridized carbons (Fsp3) is 0.125. The Morgan fingerprint density at radius 1 is 1.42 bits per heavy atom. The van der Waals surface area contributed by atoms with Gasteiger partial charge < -0.3 is 4.79 Å². The Morgan fingerprint density at radius 2 is 2.08 bits per heavy atom. The lowest BCUT2D eigenvalue weighted by Crippen LogP contribution is -1.96. The van der Waals surface area contributed by atoms with E-state index >= 15 is 0 Å². The van der Waals surface area contributed by atoms with Gasteiger partial charge in [0.05, 0.1) is 5.02 Å². The maximum Gasteiger partial charge on any atom is 0.148 e. The van der Waals surface area contributed by atoms with Gasteiger partial charge in [-0.25, -0.2) is 8.78 Å². The number of aldehydes is 1. The first-order valence-corrected chi connectivity index (χ1v) is 3.60. The first-order chi connectivity index (χ1) is 5.66. The van der Waals surface area contributed by atoms with Crippen molar-refractivity contribution in [1.29, 1.82) is 0 Å². The molecule has 4 heteroatoms. The molecular formula is C8H5ClF2O. The van der Waals surface area contributed by atoms with Crippen molar-refractivity contribution in [3.63, 3.8) is 0 Å². The lowest BCUT2D eigenvalue weighted by molar-refractivity contribution is -0.107. The van der Waals surface area contributed by atoms with Crippen LogP contribution < -0.4 is 0 Å². The molecule has 0 heterocycles. The van der Waals surface area contributed by atoms with Crippen molar-refractivity contribution in [3.8, 4) is 0 Å². The Morgan fingerprint density at radius 3 is 2.67 bits per heavy atom. The van der Waals surface area contributed by atoms with E-state index in [9.17, 15) is 13.6 Å². The van der Waals surface area contributed by atoms with Crippen LogP contribution in [0.5, 0.6) is 0 Å². The van der Waals surface area contributed by atoms with Gasteiger partial charge in [0.15, 0.2) is 0 Å². The van der Waals surface area contributed by atoms with Crippen molar-refractivity contribution < 1.29 is 13.6 Å². The largest absolute Gasteiger partial charge is 0.303 e. The van der Waals surface area contributed by atoms with E-state index in [2.05, 4.69) is 0 Å². The molecule has 0 saturated heterocycles. The van der Waals surface area contributed by atoms with E-state index in [4.69, 9.17) is 11.6 Å². The van der Waals surface area contributed by atoms with Crippen LogP contribution in [0.15, 0.2) is 12.1 Å². The van der Waals surface area contributed by atoms with Crippen molar-refractivity contribution >= 4 is 17.9 Å². The second-order valence-corrected chi connectivity index (χ2v) is 2.60. The lowest BCUT2D eigenvalue weighted by atomic mass is 10.1. The third kappa shape index (κ3) is 1.61. The second-order valence-electron chi connectivity index (χ2n) is 2.19. The topological polar surface area (TPSA) is 17.1 Å². The van der Waals surface area contributed by atoms with Gasteiger partial charge >= 0.3 is 0 Å². The summed E-state index contributed by atoms with van der Waals surface area (Å²) in [5, 5.41) is -0.173. The normalized spacial score (nSPS) is 9.92. The van der Waals surface area contributed by atoms with Crippen LogP contribution >= 0.6 is 11.6 Å². The van der Waals surface area contributed by atoms with Crippen molar-refractivity contribution in [2.24, 2.45) is 0 Å². The molecule has 0 aliphatic heterocycles.